The lowest BCUT2D eigenvalue weighted by atomic mass is 10.0. The van der Waals surface area contributed by atoms with Crippen LogP contribution in [0.15, 0.2) is 60.8 Å². The lowest BCUT2D eigenvalue weighted by Crippen LogP contribution is -1.95. The second-order valence-corrected chi connectivity index (χ2v) is 4.72. The van der Waals surface area contributed by atoms with E-state index in [-0.39, 0.29) is 11.4 Å². The van der Waals surface area contributed by atoms with E-state index in [1.165, 1.54) is 24.4 Å². The van der Waals surface area contributed by atoms with E-state index in [9.17, 15) is 9.18 Å². The molecule has 0 spiro atoms. The number of halogens is 1. The van der Waals surface area contributed by atoms with Crippen molar-refractivity contribution in [2.45, 2.75) is 27.7 Å². The van der Waals surface area contributed by atoms with Crippen LogP contribution in [0.1, 0.15) is 32.0 Å². The van der Waals surface area contributed by atoms with Gasteiger partial charge in [0.1, 0.15) is 5.82 Å². The maximum absolute atomic E-state index is 13.6. The van der Waals surface area contributed by atoms with Gasteiger partial charge >= 0.3 is 5.97 Å². The van der Waals surface area contributed by atoms with E-state index in [2.05, 4.69) is 17.6 Å². The van der Waals surface area contributed by atoms with Gasteiger partial charge < -0.3 is 5.11 Å². The van der Waals surface area contributed by atoms with Crippen molar-refractivity contribution in [2.24, 2.45) is 0 Å². The van der Waals surface area contributed by atoms with Crippen LogP contribution in [-0.4, -0.2) is 16.1 Å². The average Bonchev–Trinajstić information content (AvgIpc) is 2.65. The van der Waals surface area contributed by atoms with Crippen molar-refractivity contribution in [1.29, 1.82) is 5.26 Å². The molecule has 136 valence electrons. The standard InChI is InChI=1S/C13H9FN2.C6H8O2.C2H6/c1-9-6-10(7-15)12(8-16-9)11-4-2-3-5-13(11)14;1-3-5(4-2)6(7)8;1-2/h2-6,8H,1H3;3-4H,1H2,2H3,(H,7,8);1-2H3/b;5-4+;. The molecular weight excluding hydrogens is 331 g/mol. The number of nitrogens with zero attached hydrogens (tertiary/aromatic N) is 2. The number of pyridine rings is 1. The number of hydrogen-bond acceptors (Lipinski definition) is 3. The molecule has 2 aromatic rings. The van der Waals surface area contributed by atoms with Crippen LogP contribution in [0.3, 0.4) is 0 Å². The van der Waals surface area contributed by atoms with E-state index in [0.29, 0.717) is 16.7 Å². The normalized spacial score (nSPS) is 9.62. The Kier molecular flexibility index (Phi) is 10.6. The molecule has 0 aliphatic rings. The van der Waals surface area contributed by atoms with E-state index in [0.717, 1.165) is 5.69 Å². The number of carbonyl (C=O) groups is 1. The molecule has 0 saturated carbocycles. The van der Waals surface area contributed by atoms with Crippen molar-refractivity contribution < 1.29 is 14.3 Å². The predicted octanol–water partition coefficient (Wildman–Crippen LogP) is 5.30. The Morgan fingerprint density at radius 3 is 2.35 bits per heavy atom. The summed E-state index contributed by atoms with van der Waals surface area (Å²) in [5.41, 5.74) is 2.37. The first kappa shape index (κ1) is 22.7. The third kappa shape index (κ3) is 6.70. The van der Waals surface area contributed by atoms with E-state index >= 15 is 0 Å². The quantitative estimate of drug-likeness (QED) is 0.600. The van der Waals surface area contributed by atoms with Crippen molar-refractivity contribution in [3.63, 3.8) is 0 Å². The van der Waals surface area contributed by atoms with Gasteiger partial charge in [0, 0.05) is 23.0 Å². The molecule has 1 N–H and O–H groups in total. The summed E-state index contributed by atoms with van der Waals surface area (Å²) in [5.74, 6) is -1.27. The minimum atomic E-state index is -0.928. The number of allylic oxidation sites excluding steroid dienone is 1. The molecular formula is C21H23FN2O2. The van der Waals surface area contributed by atoms with Crippen LogP contribution in [0.5, 0.6) is 0 Å². The van der Waals surface area contributed by atoms with Gasteiger partial charge in [-0.05, 0) is 26.0 Å². The summed E-state index contributed by atoms with van der Waals surface area (Å²) in [4.78, 5) is 14.1. The Balaban J connectivity index is 0.000000533. The highest BCUT2D eigenvalue weighted by Crippen LogP contribution is 2.25. The lowest BCUT2D eigenvalue weighted by molar-refractivity contribution is -0.132. The highest BCUT2D eigenvalue weighted by Gasteiger charge is 2.09. The second kappa shape index (κ2) is 12.2. The van der Waals surface area contributed by atoms with Crippen molar-refractivity contribution in [3.05, 3.63) is 77.9 Å². The molecule has 0 bridgehead atoms. The zero-order valence-electron chi connectivity index (χ0n) is 15.5. The number of hydrogen-bond donors (Lipinski definition) is 1. The van der Waals surface area contributed by atoms with Crippen molar-refractivity contribution >= 4 is 5.97 Å². The van der Waals surface area contributed by atoms with Gasteiger partial charge in [0.25, 0.3) is 0 Å². The predicted molar refractivity (Wildman–Crippen MR) is 102 cm³/mol. The fourth-order valence-electron chi connectivity index (χ4n) is 1.88. The third-order valence-corrected chi connectivity index (χ3v) is 3.10. The van der Waals surface area contributed by atoms with Crippen molar-refractivity contribution in [3.8, 4) is 17.2 Å². The smallest absolute Gasteiger partial charge is 0.335 e. The Morgan fingerprint density at radius 2 is 1.92 bits per heavy atom. The largest absolute Gasteiger partial charge is 0.478 e. The lowest BCUT2D eigenvalue weighted by Gasteiger charge is -2.05. The molecule has 0 amide bonds. The second-order valence-electron chi connectivity index (χ2n) is 4.72. The average molecular weight is 354 g/mol. The Hall–Kier alpha value is -3.26. The molecule has 5 heteroatoms. The van der Waals surface area contributed by atoms with Crippen LogP contribution < -0.4 is 0 Å². The molecule has 0 aliphatic heterocycles. The Bertz CT molecular complexity index is 821. The minimum Gasteiger partial charge on any atom is -0.478 e. The van der Waals surface area contributed by atoms with Gasteiger partial charge in [0.2, 0.25) is 0 Å². The minimum absolute atomic E-state index is 0.241. The molecule has 1 aromatic heterocycles. The summed E-state index contributed by atoms with van der Waals surface area (Å²) in [5, 5.41) is 17.2. The number of aromatic nitrogens is 1. The molecule has 2 rings (SSSR count). The molecule has 0 radical (unpaired) electrons. The van der Waals surface area contributed by atoms with E-state index in [1.807, 2.05) is 13.8 Å². The van der Waals surface area contributed by atoms with Gasteiger partial charge in [0.05, 0.1) is 17.2 Å². The molecule has 0 fully saturated rings. The van der Waals surface area contributed by atoms with E-state index in [4.69, 9.17) is 10.4 Å². The third-order valence-electron chi connectivity index (χ3n) is 3.10. The van der Waals surface area contributed by atoms with Crippen molar-refractivity contribution in [1.82, 2.24) is 4.98 Å². The van der Waals surface area contributed by atoms with Crippen LogP contribution in [0, 0.1) is 24.1 Å². The molecule has 4 nitrogen and oxygen atoms in total. The zero-order chi connectivity index (χ0) is 20.1. The summed E-state index contributed by atoms with van der Waals surface area (Å²) in [6, 6.07) is 10.1. The SMILES string of the molecule is C=C/C(=C\C)C(=O)O.CC.Cc1cc(C#N)c(-c2ccccc2F)cn1. The summed E-state index contributed by atoms with van der Waals surface area (Å²) >= 11 is 0. The van der Waals surface area contributed by atoms with Crippen molar-refractivity contribution in [2.75, 3.05) is 0 Å². The van der Waals surface area contributed by atoms with Crippen LogP contribution in [0.4, 0.5) is 4.39 Å². The fourth-order valence-corrected chi connectivity index (χ4v) is 1.88. The van der Waals surface area contributed by atoms with E-state index < -0.39 is 5.97 Å². The van der Waals surface area contributed by atoms with Crippen LogP contribution in [0.2, 0.25) is 0 Å². The number of carboxylic acids is 1. The highest BCUT2D eigenvalue weighted by atomic mass is 19.1. The summed E-state index contributed by atoms with van der Waals surface area (Å²) in [6.07, 6.45) is 4.34. The van der Waals surface area contributed by atoms with Gasteiger partial charge in [-0.15, -0.1) is 0 Å². The summed E-state index contributed by atoms with van der Waals surface area (Å²) < 4.78 is 13.6. The summed E-state index contributed by atoms with van der Waals surface area (Å²) in [7, 11) is 0. The molecule has 0 atom stereocenters. The maximum atomic E-state index is 13.6. The van der Waals surface area contributed by atoms with Gasteiger partial charge in [-0.25, -0.2) is 9.18 Å². The van der Waals surface area contributed by atoms with E-state index in [1.54, 1.807) is 38.1 Å². The molecule has 1 heterocycles. The van der Waals surface area contributed by atoms with Crippen LogP contribution >= 0.6 is 0 Å². The topological polar surface area (TPSA) is 74.0 Å². The first-order valence-electron chi connectivity index (χ1n) is 8.08. The number of aliphatic carboxylic acids is 1. The number of rotatable bonds is 3. The van der Waals surface area contributed by atoms with Crippen LogP contribution in [-0.2, 0) is 4.79 Å². The van der Waals surface area contributed by atoms with Crippen LogP contribution in [0.25, 0.3) is 11.1 Å². The fraction of sp³-hybridized carbons (Fsp3) is 0.190. The Morgan fingerprint density at radius 1 is 1.31 bits per heavy atom. The maximum Gasteiger partial charge on any atom is 0.335 e. The molecule has 0 unspecified atom stereocenters. The van der Waals surface area contributed by atoms with Gasteiger partial charge in [-0.3, -0.25) is 4.98 Å². The first-order chi connectivity index (χ1) is 12.4. The summed E-state index contributed by atoms with van der Waals surface area (Å²) in [6.45, 7) is 10.8. The number of carboxylic acid groups (broad SMARTS) is 1. The number of benzene rings is 1. The Labute approximate surface area is 154 Å². The molecule has 1 aromatic carbocycles. The molecule has 26 heavy (non-hydrogen) atoms. The highest BCUT2D eigenvalue weighted by molar-refractivity contribution is 5.89. The molecule has 0 saturated heterocycles. The number of aryl methyl sites for hydroxylation is 1. The zero-order valence-corrected chi connectivity index (χ0v) is 15.5. The van der Waals surface area contributed by atoms with Gasteiger partial charge in [-0.1, -0.05) is 50.8 Å². The first-order valence-corrected chi connectivity index (χ1v) is 8.08. The van der Waals surface area contributed by atoms with Gasteiger partial charge in [-0.2, -0.15) is 5.26 Å². The van der Waals surface area contributed by atoms with Gasteiger partial charge in [0.15, 0.2) is 0 Å². The monoisotopic (exact) mass is 354 g/mol. The molecule has 0 aliphatic carbocycles. The number of nitriles is 1.